The molecule has 0 bridgehead atoms. The minimum Gasteiger partial charge on any atom is -0.375 e. The molecule has 0 amide bonds. The average Bonchev–Trinajstić information content (AvgIpc) is 2.89. The lowest BCUT2D eigenvalue weighted by Crippen LogP contribution is -2.42. The number of ether oxygens (including phenoxy) is 1. The van der Waals surface area contributed by atoms with E-state index in [0.717, 1.165) is 48.6 Å². The van der Waals surface area contributed by atoms with Crippen molar-refractivity contribution in [3.05, 3.63) is 16.2 Å². The predicted octanol–water partition coefficient (Wildman–Crippen LogP) is 3.52. The number of nitrogens with zero attached hydrogens (tertiary/aromatic N) is 3. The van der Waals surface area contributed by atoms with E-state index in [-0.39, 0.29) is 6.10 Å². The van der Waals surface area contributed by atoms with Crippen molar-refractivity contribution in [2.75, 3.05) is 24.6 Å². The molecule has 3 rings (SSSR count). The highest BCUT2D eigenvalue weighted by Gasteiger charge is 2.23. The summed E-state index contributed by atoms with van der Waals surface area (Å²) >= 11 is 7.79. The van der Waals surface area contributed by atoms with E-state index in [1.807, 2.05) is 0 Å². The van der Waals surface area contributed by atoms with Crippen LogP contribution in [0.4, 0.5) is 5.82 Å². The van der Waals surface area contributed by atoms with Gasteiger partial charge >= 0.3 is 0 Å². The Hall–Kier alpha value is -0.910. The molecule has 1 fully saturated rings. The van der Waals surface area contributed by atoms with Gasteiger partial charge in [-0.05, 0) is 30.5 Å². The van der Waals surface area contributed by atoms with Gasteiger partial charge in [0.15, 0.2) is 0 Å². The number of hydrogen-bond acceptors (Lipinski definition) is 5. The maximum Gasteiger partial charge on any atom is 0.225 e. The number of halogens is 1. The lowest BCUT2D eigenvalue weighted by atomic mass is 10.2. The molecule has 2 aromatic heterocycles. The van der Waals surface area contributed by atoms with Gasteiger partial charge in [0, 0.05) is 18.0 Å². The SMILES string of the molecule is CCc1cc2c(N3CCOC(CC)C3)nc(Cl)nc2s1. The van der Waals surface area contributed by atoms with E-state index >= 15 is 0 Å². The molecule has 1 aliphatic heterocycles. The quantitative estimate of drug-likeness (QED) is 0.813. The summed E-state index contributed by atoms with van der Waals surface area (Å²) in [6.07, 6.45) is 2.30. The third kappa shape index (κ3) is 2.62. The second-order valence-electron chi connectivity index (χ2n) is 4.95. The Balaban J connectivity index is 2.03. The molecule has 0 aliphatic carbocycles. The third-order valence-electron chi connectivity index (χ3n) is 3.64. The van der Waals surface area contributed by atoms with E-state index in [1.165, 1.54) is 4.88 Å². The number of aromatic nitrogens is 2. The van der Waals surface area contributed by atoms with Gasteiger partial charge in [0.25, 0.3) is 0 Å². The summed E-state index contributed by atoms with van der Waals surface area (Å²) in [6, 6.07) is 2.20. The van der Waals surface area contributed by atoms with Gasteiger partial charge in [0.1, 0.15) is 10.6 Å². The number of aryl methyl sites for hydroxylation is 1. The first-order valence-electron chi connectivity index (χ1n) is 7.03. The Kier molecular flexibility index (Phi) is 4.10. The van der Waals surface area contributed by atoms with Crippen LogP contribution in [0, 0.1) is 0 Å². The van der Waals surface area contributed by atoms with Gasteiger partial charge in [-0.3, -0.25) is 0 Å². The smallest absolute Gasteiger partial charge is 0.225 e. The minimum atomic E-state index is 0.275. The summed E-state index contributed by atoms with van der Waals surface area (Å²) in [5.74, 6) is 0.956. The molecule has 1 aliphatic rings. The molecule has 6 heteroatoms. The molecule has 0 spiro atoms. The number of hydrogen-bond donors (Lipinski definition) is 0. The van der Waals surface area contributed by atoms with Gasteiger partial charge in [0.05, 0.1) is 18.1 Å². The fourth-order valence-corrected chi connectivity index (χ4v) is 3.68. The summed E-state index contributed by atoms with van der Waals surface area (Å²) in [6.45, 7) is 6.77. The number of thiophene rings is 1. The van der Waals surface area contributed by atoms with Gasteiger partial charge in [0.2, 0.25) is 5.28 Å². The zero-order chi connectivity index (χ0) is 14.1. The second kappa shape index (κ2) is 5.84. The first-order chi connectivity index (χ1) is 9.71. The number of anilines is 1. The average molecular weight is 312 g/mol. The third-order valence-corrected chi connectivity index (χ3v) is 4.98. The van der Waals surface area contributed by atoms with E-state index in [9.17, 15) is 0 Å². The molecule has 2 aromatic rings. The molecule has 0 N–H and O–H groups in total. The van der Waals surface area contributed by atoms with E-state index in [0.29, 0.717) is 5.28 Å². The highest BCUT2D eigenvalue weighted by atomic mass is 35.5. The molecule has 1 saturated heterocycles. The van der Waals surface area contributed by atoms with Crippen LogP contribution in [-0.2, 0) is 11.2 Å². The largest absolute Gasteiger partial charge is 0.375 e. The summed E-state index contributed by atoms with van der Waals surface area (Å²) in [5, 5.41) is 1.45. The molecule has 1 atom stereocenters. The Labute approximate surface area is 127 Å². The molecule has 1 unspecified atom stereocenters. The standard InChI is InChI=1S/C14H18ClN3OS/c1-3-9-8-18(5-6-19-9)12-11-7-10(4-2)20-13(11)17-14(15)16-12/h7,9H,3-6,8H2,1-2H3. The highest BCUT2D eigenvalue weighted by molar-refractivity contribution is 7.18. The van der Waals surface area contributed by atoms with Crippen molar-refractivity contribution >= 4 is 39.0 Å². The Morgan fingerprint density at radius 1 is 1.45 bits per heavy atom. The summed E-state index contributed by atoms with van der Waals surface area (Å²) in [7, 11) is 0. The summed E-state index contributed by atoms with van der Waals surface area (Å²) < 4.78 is 5.73. The van der Waals surface area contributed by atoms with Crippen LogP contribution in [0.3, 0.4) is 0 Å². The van der Waals surface area contributed by atoms with Crippen LogP contribution in [0.15, 0.2) is 6.07 Å². The lowest BCUT2D eigenvalue weighted by molar-refractivity contribution is 0.0382. The van der Waals surface area contributed by atoms with Gasteiger partial charge in [-0.15, -0.1) is 11.3 Å². The molecule has 108 valence electrons. The highest BCUT2D eigenvalue weighted by Crippen LogP contribution is 2.33. The maximum absolute atomic E-state index is 6.09. The van der Waals surface area contributed by atoms with E-state index in [1.54, 1.807) is 11.3 Å². The first-order valence-corrected chi connectivity index (χ1v) is 8.23. The first kappa shape index (κ1) is 14.0. The Morgan fingerprint density at radius 3 is 3.05 bits per heavy atom. The molecule has 4 nitrogen and oxygen atoms in total. The van der Waals surface area contributed by atoms with E-state index in [4.69, 9.17) is 16.3 Å². The van der Waals surface area contributed by atoms with Crippen LogP contribution in [0.1, 0.15) is 25.1 Å². The predicted molar refractivity (Wildman–Crippen MR) is 84.0 cm³/mol. The minimum absolute atomic E-state index is 0.275. The van der Waals surface area contributed by atoms with Crippen LogP contribution >= 0.6 is 22.9 Å². The van der Waals surface area contributed by atoms with E-state index in [2.05, 4.69) is 34.8 Å². The molecule has 0 aromatic carbocycles. The molecule has 3 heterocycles. The number of rotatable bonds is 3. The van der Waals surface area contributed by atoms with Crippen molar-refractivity contribution in [1.82, 2.24) is 9.97 Å². The van der Waals surface area contributed by atoms with Gasteiger partial charge in [-0.1, -0.05) is 13.8 Å². The Bertz CT molecular complexity index is 616. The molecular weight excluding hydrogens is 294 g/mol. The van der Waals surface area contributed by atoms with Crippen LogP contribution in [0.5, 0.6) is 0 Å². The second-order valence-corrected chi connectivity index (χ2v) is 6.40. The van der Waals surface area contributed by atoms with Gasteiger partial charge in [-0.2, -0.15) is 4.98 Å². The van der Waals surface area contributed by atoms with Crippen LogP contribution < -0.4 is 4.90 Å². The Morgan fingerprint density at radius 2 is 2.30 bits per heavy atom. The van der Waals surface area contributed by atoms with Crippen molar-refractivity contribution in [2.24, 2.45) is 0 Å². The zero-order valence-corrected chi connectivity index (χ0v) is 13.3. The van der Waals surface area contributed by atoms with Crippen LogP contribution in [-0.4, -0.2) is 35.8 Å². The van der Waals surface area contributed by atoms with Crippen molar-refractivity contribution in [1.29, 1.82) is 0 Å². The van der Waals surface area contributed by atoms with Crippen LogP contribution in [0.25, 0.3) is 10.2 Å². The van der Waals surface area contributed by atoms with Crippen molar-refractivity contribution in [2.45, 2.75) is 32.8 Å². The van der Waals surface area contributed by atoms with Gasteiger partial charge in [-0.25, -0.2) is 4.98 Å². The fraction of sp³-hybridized carbons (Fsp3) is 0.571. The van der Waals surface area contributed by atoms with Crippen molar-refractivity contribution in [3.8, 4) is 0 Å². The van der Waals surface area contributed by atoms with E-state index < -0.39 is 0 Å². The molecule has 20 heavy (non-hydrogen) atoms. The fourth-order valence-electron chi connectivity index (χ4n) is 2.50. The summed E-state index contributed by atoms with van der Waals surface area (Å²) in [5.41, 5.74) is 0. The normalized spacial score (nSPS) is 19.8. The molecule has 0 radical (unpaired) electrons. The molecular formula is C14H18ClN3OS. The van der Waals surface area contributed by atoms with Crippen LogP contribution in [0.2, 0.25) is 5.28 Å². The zero-order valence-electron chi connectivity index (χ0n) is 11.7. The topological polar surface area (TPSA) is 38.2 Å². The number of fused-ring (bicyclic) bond motifs is 1. The number of morpholine rings is 1. The van der Waals surface area contributed by atoms with Gasteiger partial charge < -0.3 is 9.64 Å². The summed E-state index contributed by atoms with van der Waals surface area (Å²) in [4.78, 5) is 13.4. The van der Waals surface area contributed by atoms with Crippen molar-refractivity contribution < 1.29 is 4.74 Å². The lowest BCUT2D eigenvalue weighted by Gasteiger charge is -2.33. The maximum atomic E-state index is 6.09. The molecule has 0 saturated carbocycles. The van der Waals surface area contributed by atoms with Crippen molar-refractivity contribution in [3.63, 3.8) is 0 Å². The monoisotopic (exact) mass is 311 g/mol.